The third-order valence-electron chi connectivity index (χ3n) is 3.72. The van der Waals surface area contributed by atoms with Crippen LogP contribution in [0, 0.1) is 0 Å². The minimum atomic E-state index is -0.463. The number of allylic oxidation sites excluding steroid dienone is 1. The minimum absolute atomic E-state index is 0.207. The second-order valence-corrected chi connectivity index (χ2v) is 7.07. The Kier molecular flexibility index (Phi) is 4.49. The fourth-order valence-corrected chi connectivity index (χ4v) is 4.05. The number of nitrogens with one attached hydrogen (secondary N) is 1. The van der Waals surface area contributed by atoms with Crippen molar-refractivity contribution in [3.05, 3.63) is 56.1 Å². The molecular formula is C16H16N2O3S2. The first-order valence-electron chi connectivity index (χ1n) is 7.04. The molecule has 2 aromatic heterocycles. The number of urea groups is 1. The molecule has 3 heterocycles. The van der Waals surface area contributed by atoms with Gasteiger partial charge in [0, 0.05) is 15.5 Å². The van der Waals surface area contributed by atoms with Crippen molar-refractivity contribution >= 4 is 34.7 Å². The van der Waals surface area contributed by atoms with Gasteiger partial charge in [-0.3, -0.25) is 4.90 Å². The molecule has 1 atom stereocenters. The van der Waals surface area contributed by atoms with Gasteiger partial charge in [0.25, 0.3) is 0 Å². The van der Waals surface area contributed by atoms with Crippen LogP contribution in [0.15, 0.2) is 46.3 Å². The molecule has 3 rings (SSSR count). The van der Waals surface area contributed by atoms with Gasteiger partial charge in [0.05, 0.1) is 25.3 Å². The molecule has 2 amide bonds. The summed E-state index contributed by atoms with van der Waals surface area (Å²) in [7, 11) is 1.36. The molecule has 0 bridgehead atoms. The molecule has 120 valence electrons. The summed E-state index contributed by atoms with van der Waals surface area (Å²) in [5, 5.41) is 6.80. The quantitative estimate of drug-likeness (QED) is 0.860. The zero-order valence-corrected chi connectivity index (χ0v) is 14.4. The van der Waals surface area contributed by atoms with Gasteiger partial charge in [-0.1, -0.05) is 12.1 Å². The van der Waals surface area contributed by atoms with E-state index in [9.17, 15) is 9.59 Å². The minimum Gasteiger partial charge on any atom is -0.466 e. The van der Waals surface area contributed by atoms with E-state index in [4.69, 9.17) is 4.74 Å². The molecule has 0 unspecified atom stereocenters. The first-order valence-corrected chi connectivity index (χ1v) is 8.80. The van der Waals surface area contributed by atoms with E-state index in [1.54, 1.807) is 23.2 Å². The van der Waals surface area contributed by atoms with E-state index in [2.05, 4.69) is 5.32 Å². The van der Waals surface area contributed by atoms with Crippen molar-refractivity contribution in [2.45, 2.75) is 19.5 Å². The van der Waals surface area contributed by atoms with Crippen LogP contribution in [0.2, 0.25) is 0 Å². The van der Waals surface area contributed by atoms with E-state index in [0.717, 1.165) is 9.75 Å². The summed E-state index contributed by atoms with van der Waals surface area (Å²) < 4.78 is 4.94. The summed E-state index contributed by atoms with van der Waals surface area (Å²) >= 11 is 3.07. The summed E-state index contributed by atoms with van der Waals surface area (Å²) in [6.07, 6.45) is 0. The summed E-state index contributed by atoms with van der Waals surface area (Å²) in [4.78, 5) is 28.4. The van der Waals surface area contributed by atoms with Crippen LogP contribution in [0.4, 0.5) is 4.79 Å². The van der Waals surface area contributed by atoms with Gasteiger partial charge in [-0.25, -0.2) is 9.59 Å². The number of hydrogen-bond donors (Lipinski definition) is 1. The van der Waals surface area contributed by atoms with Crippen molar-refractivity contribution in [2.24, 2.45) is 0 Å². The number of hydrogen-bond acceptors (Lipinski definition) is 5. The number of thiophene rings is 2. The zero-order chi connectivity index (χ0) is 16.4. The molecule has 0 fully saturated rings. The maximum Gasteiger partial charge on any atom is 0.338 e. The average Bonchev–Trinajstić information content (AvgIpc) is 3.23. The molecule has 0 spiro atoms. The molecule has 7 heteroatoms. The molecular weight excluding hydrogens is 332 g/mol. The lowest BCUT2D eigenvalue weighted by Gasteiger charge is -2.34. The first kappa shape index (κ1) is 15.8. The van der Waals surface area contributed by atoms with Crippen molar-refractivity contribution in [3.8, 4) is 0 Å². The summed E-state index contributed by atoms with van der Waals surface area (Å²) in [5.74, 6) is -0.419. The van der Waals surface area contributed by atoms with E-state index >= 15 is 0 Å². The predicted octanol–water partition coefficient (Wildman–Crippen LogP) is 3.52. The topological polar surface area (TPSA) is 58.6 Å². The molecule has 0 aromatic carbocycles. The van der Waals surface area contributed by atoms with Crippen LogP contribution in [0.3, 0.4) is 0 Å². The van der Waals surface area contributed by atoms with Gasteiger partial charge < -0.3 is 10.1 Å². The smallest absolute Gasteiger partial charge is 0.338 e. The fraction of sp³-hybridized carbons (Fsp3) is 0.250. The van der Waals surface area contributed by atoms with Gasteiger partial charge in [0.15, 0.2) is 0 Å². The van der Waals surface area contributed by atoms with Crippen LogP contribution >= 0.6 is 22.7 Å². The highest BCUT2D eigenvalue weighted by atomic mass is 32.1. The van der Waals surface area contributed by atoms with E-state index in [1.807, 2.05) is 35.0 Å². The maximum atomic E-state index is 12.5. The number of methoxy groups -OCH3 is 1. The summed E-state index contributed by atoms with van der Waals surface area (Å²) in [5.41, 5.74) is 1.11. The second kappa shape index (κ2) is 6.55. The molecule has 0 aliphatic carbocycles. The van der Waals surface area contributed by atoms with E-state index < -0.39 is 12.0 Å². The number of carbonyl (C=O) groups is 2. The van der Waals surface area contributed by atoms with Gasteiger partial charge in [-0.2, -0.15) is 0 Å². The van der Waals surface area contributed by atoms with E-state index in [0.29, 0.717) is 17.8 Å². The molecule has 2 aromatic rings. The molecule has 5 nitrogen and oxygen atoms in total. The van der Waals surface area contributed by atoms with Crippen LogP contribution in [0.5, 0.6) is 0 Å². The molecule has 1 aliphatic heterocycles. The Morgan fingerprint density at radius 2 is 2.04 bits per heavy atom. The number of esters is 1. The lowest BCUT2D eigenvalue weighted by molar-refractivity contribution is -0.136. The zero-order valence-electron chi connectivity index (χ0n) is 12.7. The largest absolute Gasteiger partial charge is 0.466 e. The SMILES string of the molecule is COC(=O)C1=C(C)N(Cc2cccs2)C(=O)N[C@H]1c1cccs1. The Labute approximate surface area is 142 Å². The Bertz CT molecular complexity index is 735. The number of nitrogens with zero attached hydrogens (tertiary/aromatic N) is 1. The molecule has 1 aliphatic rings. The van der Waals surface area contributed by atoms with Crippen molar-refractivity contribution in [3.63, 3.8) is 0 Å². The van der Waals surface area contributed by atoms with E-state index in [1.165, 1.54) is 18.4 Å². The predicted molar refractivity (Wildman–Crippen MR) is 90.2 cm³/mol. The van der Waals surface area contributed by atoms with Gasteiger partial charge in [0.2, 0.25) is 0 Å². The van der Waals surface area contributed by atoms with Crippen LogP contribution in [-0.4, -0.2) is 24.0 Å². The van der Waals surface area contributed by atoms with Gasteiger partial charge in [-0.05, 0) is 29.8 Å². The first-order chi connectivity index (χ1) is 11.1. The third kappa shape index (κ3) is 3.02. The van der Waals surface area contributed by atoms with Crippen molar-refractivity contribution in [2.75, 3.05) is 7.11 Å². The van der Waals surface area contributed by atoms with Gasteiger partial charge >= 0.3 is 12.0 Å². The summed E-state index contributed by atoms with van der Waals surface area (Å²) in [6.45, 7) is 2.23. The molecule has 0 saturated carbocycles. The molecule has 0 radical (unpaired) electrons. The normalized spacial score (nSPS) is 18.1. The lowest BCUT2D eigenvalue weighted by Crippen LogP contribution is -2.47. The van der Waals surface area contributed by atoms with Gasteiger partial charge in [-0.15, -0.1) is 22.7 Å². The Morgan fingerprint density at radius 3 is 2.65 bits per heavy atom. The highest BCUT2D eigenvalue weighted by Crippen LogP contribution is 2.34. The number of amides is 2. The summed E-state index contributed by atoms with van der Waals surface area (Å²) in [6, 6.07) is 7.04. The van der Waals surface area contributed by atoms with Crippen LogP contribution in [-0.2, 0) is 16.1 Å². The monoisotopic (exact) mass is 348 g/mol. The highest BCUT2D eigenvalue weighted by Gasteiger charge is 2.36. The number of rotatable bonds is 4. The maximum absolute atomic E-state index is 12.5. The lowest BCUT2D eigenvalue weighted by atomic mass is 10.0. The second-order valence-electron chi connectivity index (χ2n) is 5.05. The van der Waals surface area contributed by atoms with E-state index in [-0.39, 0.29) is 6.03 Å². The number of ether oxygens (including phenoxy) is 1. The van der Waals surface area contributed by atoms with Crippen molar-refractivity contribution in [1.82, 2.24) is 10.2 Å². The Balaban J connectivity index is 2.01. The van der Waals surface area contributed by atoms with Crippen molar-refractivity contribution < 1.29 is 14.3 Å². The standard InChI is InChI=1S/C16H16N2O3S2/c1-10-13(15(19)21-2)14(12-6-4-8-23-12)17-16(20)18(10)9-11-5-3-7-22-11/h3-8,14H,9H2,1-2H3,(H,17,20)/t14-/m0/s1. The third-order valence-corrected chi connectivity index (χ3v) is 5.52. The average molecular weight is 348 g/mol. The Hall–Kier alpha value is -2.12. The highest BCUT2D eigenvalue weighted by molar-refractivity contribution is 7.10. The molecule has 23 heavy (non-hydrogen) atoms. The number of carbonyl (C=O) groups excluding carboxylic acids is 2. The van der Waals surface area contributed by atoms with Crippen LogP contribution in [0.1, 0.15) is 22.7 Å². The molecule has 1 N–H and O–H groups in total. The fourth-order valence-electron chi connectivity index (χ4n) is 2.57. The van der Waals surface area contributed by atoms with Crippen LogP contribution < -0.4 is 5.32 Å². The molecule has 0 saturated heterocycles. The van der Waals surface area contributed by atoms with Crippen LogP contribution in [0.25, 0.3) is 0 Å². The van der Waals surface area contributed by atoms with Crippen molar-refractivity contribution in [1.29, 1.82) is 0 Å². The Morgan fingerprint density at radius 1 is 1.30 bits per heavy atom. The van der Waals surface area contributed by atoms with Gasteiger partial charge in [0.1, 0.15) is 0 Å².